The first-order valence-electron chi connectivity index (χ1n) is 9.29. The molecule has 1 unspecified atom stereocenters. The topological polar surface area (TPSA) is 52.7 Å². The Kier molecular flexibility index (Phi) is 5.09. The number of benzene rings is 1. The van der Waals surface area contributed by atoms with Crippen LogP contribution in [-0.2, 0) is 4.79 Å². The van der Waals surface area contributed by atoms with E-state index in [9.17, 15) is 9.59 Å². The minimum Gasteiger partial charge on any atom is -0.353 e. The second-order valence-electron chi connectivity index (χ2n) is 6.96. The summed E-state index contributed by atoms with van der Waals surface area (Å²) in [5.74, 6) is -0.307. The molecule has 3 heterocycles. The standard InChI is InChI=1S/C21H23N3O2S/c1-15-16-7-2-3-8-17(16)21(26)24(15)14-20(25)22-13-18(19-9-6-12-27-19)23-10-4-5-11-23/h2-3,6-9,12,18H,1,4-5,10-11,13-14H2,(H,22,25). The monoisotopic (exact) mass is 381 g/mol. The van der Waals surface area contributed by atoms with Crippen molar-refractivity contribution in [1.29, 1.82) is 0 Å². The third-order valence-electron chi connectivity index (χ3n) is 5.29. The van der Waals surface area contributed by atoms with Gasteiger partial charge in [-0.1, -0.05) is 30.8 Å². The number of likely N-dealkylation sites (tertiary alicyclic amines) is 1. The average Bonchev–Trinajstić information content (AvgIpc) is 3.43. The Hall–Kier alpha value is -2.44. The molecule has 0 radical (unpaired) electrons. The molecule has 0 aliphatic carbocycles. The number of hydrogen-bond donors (Lipinski definition) is 1. The third kappa shape index (κ3) is 3.55. The van der Waals surface area contributed by atoms with Gasteiger partial charge in [-0.15, -0.1) is 11.3 Å². The van der Waals surface area contributed by atoms with Crippen molar-refractivity contribution in [2.24, 2.45) is 0 Å². The fourth-order valence-corrected chi connectivity index (χ4v) is 4.72. The van der Waals surface area contributed by atoms with Crippen LogP contribution in [0.4, 0.5) is 0 Å². The molecule has 2 aromatic rings. The number of thiophene rings is 1. The van der Waals surface area contributed by atoms with Crippen LogP contribution in [0.2, 0.25) is 0 Å². The SMILES string of the molecule is C=C1c2ccccc2C(=O)N1CC(=O)NCC(c1cccs1)N1CCCC1. The van der Waals surface area contributed by atoms with E-state index in [1.54, 1.807) is 17.4 Å². The summed E-state index contributed by atoms with van der Waals surface area (Å²) in [7, 11) is 0. The van der Waals surface area contributed by atoms with Gasteiger partial charge in [-0.05, 0) is 43.4 Å². The molecule has 1 N–H and O–H groups in total. The van der Waals surface area contributed by atoms with E-state index in [1.165, 1.54) is 22.6 Å². The number of fused-ring (bicyclic) bond motifs is 1. The van der Waals surface area contributed by atoms with Crippen molar-refractivity contribution in [2.75, 3.05) is 26.2 Å². The smallest absolute Gasteiger partial charge is 0.259 e. The summed E-state index contributed by atoms with van der Waals surface area (Å²) in [6.45, 7) is 6.69. The minimum atomic E-state index is -0.155. The van der Waals surface area contributed by atoms with E-state index in [0.29, 0.717) is 17.8 Å². The predicted octanol–water partition coefficient (Wildman–Crippen LogP) is 3.13. The van der Waals surface area contributed by atoms with E-state index >= 15 is 0 Å². The number of nitrogens with one attached hydrogen (secondary N) is 1. The van der Waals surface area contributed by atoms with Crippen LogP contribution in [0.5, 0.6) is 0 Å². The number of carbonyl (C=O) groups excluding carboxylic acids is 2. The van der Waals surface area contributed by atoms with Gasteiger partial charge in [0, 0.05) is 28.2 Å². The van der Waals surface area contributed by atoms with Crippen molar-refractivity contribution in [3.8, 4) is 0 Å². The van der Waals surface area contributed by atoms with Crippen LogP contribution >= 0.6 is 11.3 Å². The zero-order valence-electron chi connectivity index (χ0n) is 15.2. The first-order valence-corrected chi connectivity index (χ1v) is 10.2. The Morgan fingerprint density at radius 3 is 2.56 bits per heavy atom. The van der Waals surface area contributed by atoms with Gasteiger partial charge in [-0.3, -0.25) is 19.4 Å². The molecule has 2 aliphatic heterocycles. The van der Waals surface area contributed by atoms with E-state index < -0.39 is 0 Å². The highest BCUT2D eigenvalue weighted by molar-refractivity contribution is 7.10. The maximum Gasteiger partial charge on any atom is 0.259 e. The molecule has 4 rings (SSSR count). The molecule has 1 aromatic carbocycles. The summed E-state index contributed by atoms with van der Waals surface area (Å²) < 4.78 is 0. The van der Waals surface area contributed by atoms with Gasteiger partial charge in [-0.2, -0.15) is 0 Å². The maximum absolute atomic E-state index is 12.6. The number of hydrogen-bond acceptors (Lipinski definition) is 4. The average molecular weight is 382 g/mol. The highest BCUT2D eigenvalue weighted by Crippen LogP contribution is 2.31. The normalized spacial score (nSPS) is 18.0. The minimum absolute atomic E-state index is 0.00348. The Morgan fingerprint density at radius 2 is 1.89 bits per heavy atom. The van der Waals surface area contributed by atoms with E-state index in [1.807, 2.05) is 18.2 Å². The zero-order chi connectivity index (χ0) is 18.8. The maximum atomic E-state index is 12.6. The lowest BCUT2D eigenvalue weighted by atomic mass is 10.1. The molecule has 1 fully saturated rings. The molecule has 0 spiro atoms. The van der Waals surface area contributed by atoms with Crippen molar-refractivity contribution >= 4 is 28.8 Å². The Bertz CT molecular complexity index is 821. The van der Waals surface area contributed by atoms with E-state index in [4.69, 9.17) is 0 Å². The van der Waals surface area contributed by atoms with Gasteiger partial charge in [-0.25, -0.2) is 0 Å². The molecule has 0 bridgehead atoms. The largest absolute Gasteiger partial charge is 0.353 e. The molecule has 1 aromatic heterocycles. The first kappa shape index (κ1) is 17.9. The molecule has 2 aliphatic rings. The van der Waals surface area contributed by atoms with Crippen molar-refractivity contribution in [3.05, 3.63) is 64.4 Å². The Morgan fingerprint density at radius 1 is 1.15 bits per heavy atom. The van der Waals surface area contributed by atoms with Crippen LogP contribution in [0.25, 0.3) is 5.70 Å². The van der Waals surface area contributed by atoms with E-state index in [0.717, 1.165) is 18.7 Å². The molecule has 1 atom stereocenters. The molecule has 140 valence electrons. The fourth-order valence-electron chi connectivity index (χ4n) is 3.86. The van der Waals surface area contributed by atoms with Crippen molar-refractivity contribution in [1.82, 2.24) is 15.1 Å². The molecule has 2 amide bonds. The number of nitrogens with zero attached hydrogens (tertiary/aromatic N) is 2. The van der Waals surface area contributed by atoms with Crippen LogP contribution in [0.1, 0.15) is 39.7 Å². The van der Waals surface area contributed by atoms with Crippen LogP contribution in [0.15, 0.2) is 48.4 Å². The summed E-state index contributed by atoms with van der Waals surface area (Å²) in [6.07, 6.45) is 2.41. The highest BCUT2D eigenvalue weighted by Gasteiger charge is 2.32. The predicted molar refractivity (Wildman–Crippen MR) is 107 cm³/mol. The molecule has 5 nitrogen and oxygen atoms in total. The molecular formula is C21H23N3O2S. The first-order chi connectivity index (χ1) is 13.1. The molecule has 27 heavy (non-hydrogen) atoms. The summed E-state index contributed by atoms with van der Waals surface area (Å²) in [6, 6.07) is 11.7. The second-order valence-corrected chi connectivity index (χ2v) is 7.94. The number of amides is 2. The van der Waals surface area contributed by atoms with Crippen LogP contribution in [0.3, 0.4) is 0 Å². The van der Waals surface area contributed by atoms with Gasteiger partial charge in [0.2, 0.25) is 5.91 Å². The lowest BCUT2D eigenvalue weighted by molar-refractivity contribution is -0.121. The van der Waals surface area contributed by atoms with E-state index in [2.05, 4.69) is 34.3 Å². The van der Waals surface area contributed by atoms with Crippen molar-refractivity contribution < 1.29 is 9.59 Å². The zero-order valence-corrected chi connectivity index (χ0v) is 16.0. The second kappa shape index (κ2) is 7.66. The number of rotatable bonds is 6. The van der Waals surface area contributed by atoms with Gasteiger partial charge in [0.05, 0.1) is 6.04 Å². The fraction of sp³-hybridized carbons (Fsp3) is 0.333. The number of carbonyl (C=O) groups is 2. The Balaban J connectivity index is 1.39. The van der Waals surface area contributed by atoms with Gasteiger partial charge in [0.15, 0.2) is 0 Å². The summed E-state index contributed by atoms with van der Waals surface area (Å²) in [5.41, 5.74) is 2.02. The van der Waals surface area contributed by atoms with Crippen LogP contribution < -0.4 is 5.32 Å². The Labute approximate surface area is 163 Å². The molecule has 6 heteroatoms. The lowest BCUT2D eigenvalue weighted by Crippen LogP contribution is -2.41. The summed E-state index contributed by atoms with van der Waals surface area (Å²) in [5, 5.41) is 5.11. The van der Waals surface area contributed by atoms with Crippen LogP contribution in [-0.4, -0.2) is 47.8 Å². The van der Waals surface area contributed by atoms with Gasteiger partial charge in [0.1, 0.15) is 6.54 Å². The highest BCUT2D eigenvalue weighted by atomic mass is 32.1. The molecule has 1 saturated heterocycles. The lowest BCUT2D eigenvalue weighted by Gasteiger charge is -2.27. The van der Waals surface area contributed by atoms with Gasteiger partial charge >= 0.3 is 0 Å². The van der Waals surface area contributed by atoms with Crippen LogP contribution in [0, 0.1) is 0 Å². The summed E-state index contributed by atoms with van der Waals surface area (Å²) >= 11 is 1.72. The quantitative estimate of drug-likeness (QED) is 0.836. The van der Waals surface area contributed by atoms with Crippen molar-refractivity contribution in [3.63, 3.8) is 0 Å². The van der Waals surface area contributed by atoms with Crippen molar-refractivity contribution in [2.45, 2.75) is 18.9 Å². The molecule has 0 saturated carbocycles. The van der Waals surface area contributed by atoms with E-state index in [-0.39, 0.29) is 24.4 Å². The summed E-state index contributed by atoms with van der Waals surface area (Å²) in [4.78, 5) is 30.3. The van der Waals surface area contributed by atoms with Gasteiger partial charge in [0.25, 0.3) is 5.91 Å². The molecular weight excluding hydrogens is 358 g/mol. The third-order valence-corrected chi connectivity index (χ3v) is 6.26. The van der Waals surface area contributed by atoms with Gasteiger partial charge < -0.3 is 5.32 Å².